The molecule has 0 radical (unpaired) electrons. The van der Waals surface area contributed by atoms with E-state index in [2.05, 4.69) is 34.7 Å². The lowest BCUT2D eigenvalue weighted by Gasteiger charge is -2.42. The smallest absolute Gasteiger partial charge is 0.253 e. The number of nitrogens with zero attached hydrogens (tertiary/aromatic N) is 1. The quantitative estimate of drug-likeness (QED) is 0.572. The lowest BCUT2D eigenvalue weighted by molar-refractivity contribution is -0.127. The lowest BCUT2D eigenvalue weighted by Crippen LogP contribution is -2.45. The third-order valence-corrected chi connectivity index (χ3v) is 4.74. The molecule has 2 atom stereocenters. The van der Waals surface area contributed by atoms with Crippen molar-refractivity contribution in [3.8, 4) is 0 Å². The van der Waals surface area contributed by atoms with Crippen molar-refractivity contribution < 1.29 is 9.53 Å². The number of methoxy groups -OCH3 is 1. The Bertz CT molecular complexity index is 386. The van der Waals surface area contributed by atoms with Crippen molar-refractivity contribution >= 4 is 28.5 Å². The molecule has 88 valence electrons. The van der Waals surface area contributed by atoms with Crippen LogP contribution in [0.1, 0.15) is 12.8 Å². The Labute approximate surface area is 110 Å². The molecule has 0 aromatic rings. The summed E-state index contributed by atoms with van der Waals surface area (Å²) < 4.78 is 6.77. The topological polar surface area (TPSA) is 29.5 Å². The van der Waals surface area contributed by atoms with E-state index in [1.807, 2.05) is 0 Å². The number of allylic oxidation sites excluding steroid dienone is 2. The largest absolute Gasteiger partial charge is 0.369 e. The Hall–Kier alpha value is -0.360. The standard InChI is InChI=1S/C12H16INO2/c1-14(2)11(15)9-10(13)8-4-6-12(9,16-3)7-5-8/h4,6,8H,5,7H2,1-3H3. The van der Waals surface area contributed by atoms with Crippen LogP contribution in [0.25, 0.3) is 0 Å². The maximum Gasteiger partial charge on any atom is 0.253 e. The van der Waals surface area contributed by atoms with Crippen molar-refractivity contribution in [1.82, 2.24) is 4.90 Å². The Morgan fingerprint density at radius 2 is 2.31 bits per heavy atom. The second kappa shape index (κ2) is 4.14. The van der Waals surface area contributed by atoms with Crippen molar-refractivity contribution in [3.05, 3.63) is 21.3 Å². The highest BCUT2D eigenvalue weighted by molar-refractivity contribution is 14.1. The molecule has 0 aromatic heterocycles. The van der Waals surface area contributed by atoms with Gasteiger partial charge in [0, 0.05) is 30.7 Å². The summed E-state index contributed by atoms with van der Waals surface area (Å²) >= 11 is 2.29. The Morgan fingerprint density at radius 3 is 2.75 bits per heavy atom. The van der Waals surface area contributed by atoms with Crippen LogP contribution in [-0.2, 0) is 9.53 Å². The van der Waals surface area contributed by atoms with E-state index >= 15 is 0 Å². The molecule has 2 unspecified atom stereocenters. The number of carbonyl (C=O) groups is 1. The highest BCUT2D eigenvalue weighted by atomic mass is 127. The molecule has 2 bridgehead atoms. The first-order chi connectivity index (χ1) is 7.52. The van der Waals surface area contributed by atoms with Gasteiger partial charge in [0.15, 0.2) is 0 Å². The number of fused-ring (bicyclic) bond motifs is 1. The fraction of sp³-hybridized carbons (Fsp3) is 0.583. The van der Waals surface area contributed by atoms with Crippen molar-refractivity contribution in [2.45, 2.75) is 18.4 Å². The maximum absolute atomic E-state index is 12.2. The summed E-state index contributed by atoms with van der Waals surface area (Å²) in [5.74, 6) is 0.483. The van der Waals surface area contributed by atoms with Crippen LogP contribution in [0.5, 0.6) is 0 Å². The van der Waals surface area contributed by atoms with Gasteiger partial charge in [-0.2, -0.15) is 0 Å². The second-order valence-corrected chi connectivity index (χ2v) is 5.68. The number of amides is 1. The summed E-state index contributed by atoms with van der Waals surface area (Å²) in [7, 11) is 5.26. The molecule has 0 saturated heterocycles. The normalized spacial score (nSPS) is 32.1. The van der Waals surface area contributed by atoms with E-state index in [-0.39, 0.29) is 5.91 Å². The number of ether oxygens (including phenoxy) is 1. The summed E-state index contributed by atoms with van der Waals surface area (Å²) in [5, 5.41) is 0. The lowest BCUT2D eigenvalue weighted by atomic mass is 9.72. The van der Waals surface area contributed by atoms with Gasteiger partial charge in [0.25, 0.3) is 5.91 Å². The van der Waals surface area contributed by atoms with Gasteiger partial charge in [-0.3, -0.25) is 4.79 Å². The third-order valence-electron chi connectivity index (χ3n) is 3.40. The molecular weight excluding hydrogens is 317 g/mol. The minimum atomic E-state index is -0.480. The van der Waals surface area contributed by atoms with E-state index in [9.17, 15) is 4.79 Å². The fourth-order valence-corrected chi connectivity index (χ4v) is 3.61. The minimum Gasteiger partial charge on any atom is -0.369 e. The van der Waals surface area contributed by atoms with Crippen LogP contribution in [0, 0.1) is 5.92 Å². The monoisotopic (exact) mass is 333 g/mol. The Morgan fingerprint density at radius 1 is 1.62 bits per heavy atom. The number of hydrogen-bond donors (Lipinski definition) is 0. The SMILES string of the molecule is COC12C=CC(CC1)C(I)=C2C(=O)N(C)C. The van der Waals surface area contributed by atoms with Gasteiger partial charge >= 0.3 is 0 Å². The van der Waals surface area contributed by atoms with Crippen molar-refractivity contribution in [3.63, 3.8) is 0 Å². The number of hydrogen-bond acceptors (Lipinski definition) is 2. The fourth-order valence-electron chi connectivity index (χ4n) is 2.41. The van der Waals surface area contributed by atoms with Crippen molar-refractivity contribution in [2.24, 2.45) is 5.92 Å². The first kappa shape index (κ1) is 12.1. The van der Waals surface area contributed by atoms with Crippen LogP contribution < -0.4 is 0 Å². The third kappa shape index (κ3) is 1.62. The van der Waals surface area contributed by atoms with Gasteiger partial charge < -0.3 is 9.64 Å². The van der Waals surface area contributed by atoms with Gasteiger partial charge in [-0.25, -0.2) is 0 Å². The van der Waals surface area contributed by atoms with E-state index in [0.29, 0.717) is 5.92 Å². The second-order valence-electron chi connectivity index (χ2n) is 4.52. The molecule has 0 saturated carbocycles. The highest BCUT2D eigenvalue weighted by Gasteiger charge is 2.46. The molecule has 1 amide bonds. The van der Waals surface area contributed by atoms with E-state index in [1.54, 1.807) is 26.1 Å². The van der Waals surface area contributed by atoms with Crippen LogP contribution >= 0.6 is 22.6 Å². The van der Waals surface area contributed by atoms with Crippen molar-refractivity contribution in [2.75, 3.05) is 21.2 Å². The minimum absolute atomic E-state index is 0.0697. The van der Waals surface area contributed by atoms with Gasteiger partial charge in [0.2, 0.25) is 0 Å². The molecular formula is C12H16INO2. The summed E-state index contributed by atoms with van der Waals surface area (Å²) in [4.78, 5) is 13.8. The van der Waals surface area contributed by atoms with Gasteiger partial charge in [-0.15, -0.1) is 0 Å². The van der Waals surface area contributed by atoms with E-state index in [0.717, 1.165) is 22.0 Å². The molecule has 16 heavy (non-hydrogen) atoms. The molecule has 3 rings (SSSR count). The first-order valence-corrected chi connectivity index (χ1v) is 6.46. The van der Waals surface area contributed by atoms with Gasteiger partial charge in [0.05, 0.1) is 5.57 Å². The van der Waals surface area contributed by atoms with Crippen molar-refractivity contribution in [1.29, 1.82) is 0 Å². The summed E-state index contributed by atoms with van der Waals surface area (Å²) in [6.45, 7) is 0. The number of halogens is 1. The molecule has 0 fully saturated rings. The van der Waals surface area contributed by atoms with Crippen LogP contribution in [0.3, 0.4) is 0 Å². The zero-order valence-electron chi connectivity index (χ0n) is 9.79. The van der Waals surface area contributed by atoms with Gasteiger partial charge in [-0.05, 0) is 35.4 Å². The average molecular weight is 333 g/mol. The molecule has 0 spiro atoms. The van der Waals surface area contributed by atoms with Crippen LogP contribution in [0.15, 0.2) is 21.3 Å². The summed E-state index contributed by atoms with van der Waals surface area (Å²) in [6.07, 6.45) is 6.21. The maximum atomic E-state index is 12.2. The molecule has 0 N–H and O–H groups in total. The molecule has 0 heterocycles. The summed E-state index contributed by atoms with van der Waals surface area (Å²) in [6, 6.07) is 0. The molecule has 4 heteroatoms. The number of rotatable bonds is 2. The Balaban J connectivity index is 2.49. The number of carbonyl (C=O) groups excluding carboxylic acids is 1. The highest BCUT2D eigenvalue weighted by Crippen LogP contribution is 2.48. The summed E-state index contributed by atoms with van der Waals surface area (Å²) in [5.41, 5.74) is 0.353. The molecule has 3 aliphatic carbocycles. The predicted octanol–water partition coefficient (Wildman–Crippen LogP) is 2.13. The van der Waals surface area contributed by atoms with Crippen LogP contribution in [-0.4, -0.2) is 37.6 Å². The zero-order chi connectivity index (χ0) is 11.9. The average Bonchev–Trinajstić information content (AvgIpc) is 2.29. The van der Waals surface area contributed by atoms with Gasteiger partial charge in [0.1, 0.15) is 5.60 Å². The molecule has 0 aliphatic heterocycles. The molecule has 0 aromatic carbocycles. The Kier molecular flexibility index (Phi) is 3.13. The number of likely N-dealkylation sites (N-methyl/N-ethyl adjacent to an activating group) is 1. The molecule has 3 nitrogen and oxygen atoms in total. The van der Waals surface area contributed by atoms with E-state index in [1.165, 1.54) is 0 Å². The van der Waals surface area contributed by atoms with Gasteiger partial charge in [-0.1, -0.05) is 12.2 Å². The van der Waals surface area contributed by atoms with Crippen LogP contribution in [0.4, 0.5) is 0 Å². The van der Waals surface area contributed by atoms with Crippen LogP contribution in [0.2, 0.25) is 0 Å². The van der Waals surface area contributed by atoms with E-state index in [4.69, 9.17) is 4.74 Å². The first-order valence-electron chi connectivity index (χ1n) is 5.38. The zero-order valence-corrected chi connectivity index (χ0v) is 11.9. The van der Waals surface area contributed by atoms with E-state index < -0.39 is 5.60 Å². The predicted molar refractivity (Wildman–Crippen MR) is 71.3 cm³/mol. The molecule has 3 aliphatic rings.